The van der Waals surface area contributed by atoms with E-state index in [1.807, 2.05) is 0 Å². The summed E-state index contributed by atoms with van der Waals surface area (Å²) in [5.74, 6) is 0. The number of nitro benzene ring substituents is 1. The van der Waals surface area contributed by atoms with Gasteiger partial charge in [-0.25, -0.2) is 8.42 Å². The van der Waals surface area contributed by atoms with Gasteiger partial charge < -0.3 is 5.32 Å². The van der Waals surface area contributed by atoms with Crippen molar-refractivity contribution in [1.82, 2.24) is 9.62 Å². The summed E-state index contributed by atoms with van der Waals surface area (Å²) >= 11 is 5.99. The zero-order valence-electron chi connectivity index (χ0n) is 12.5. The minimum atomic E-state index is -3.73. The van der Waals surface area contributed by atoms with Crippen LogP contribution in [0.25, 0.3) is 0 Å². The van der Waals surface area contributed by atoms with Crippen LogP contribution < -0.4 is 5.32 Å². The molecule has 1 aromatic rings. The topological polar surface area (TPSA) is 92.5 Å². The second-order valence-electron chi connectivity index (χ2n) is 6.21. The summed E-state index contributed by atoms with van der Waals surface area (Å²) in [4.78, 5) is 10.1. The zero-order chi connectivity index (χ0) is 16.7. The van der Waals surface area contributed by atoms with Crippen molar-refractivity contribution >= 4 is 27.3 Å². The van der Waals surface area contributed by atoms with Gasteiger partial charge in [0.15, 0.2) is 0 Å². The first-order valence-corrected chi connectivity index (χ1v) is 9.31. The summed E-state index contributed by atoms with van der Waals surface area (Å²) < 4.78 is 27.1. The lowest BCUT2D eigenvalue weighted by Gasteiger charge is -2.33. The van der Waals surface area contributed by atoms with Gasteiger partial charge in [0, 0.05) is 25.2 Å². The molecule has 0 bridgehead atoms. The molecule has 0 radical (unpaired) electrons. The van der Waals surface area contributed by atoms with Gasteiger partial charge in [-0.1, -0.05) is 11.6 Å². The number of non-ortho nitro benzene ring substituents is 1. The maximum atomic E-state index is 12.8. The van der Waals surface area contributed by atoms with Crippen LogP contribution in [0.5, 0.6) is 0 Å². The van der Waals surface area contributed by atoms with E-state index in [2.05, 4.69) is 5.32 Å². The van der Waals surface area contributed by atoms with Crippen molar-refractivity contribution in [3.63, 3.8) is 0 Å². The summed E-state index contributed by atoms with van der Waals surface area (Å²) in [6.45, 7) is 2.78. The smallest absolute Gasteiger partial charge is 0.271 e. The Morgan fingerprint density at radius 1 is 1.26 bits per heavy atom. The molecule has 23 heavy (non-hydrogen) atoms. The maximum absolute atomic E-state index is 12.8. The highest BCUT2D eigenvalue weighted by molar-refractivity contribution is 7.89. The predicted molar refractivity (Wildman–Crippen MR) is 86.0 cm³/mol. The van der Waals surface area contributed by atoms with Crippen LogP contribution in [0.3, 0.4) is 0 Å². The number of benzene rings is 1. The number of hydrogen-bond acceptors (Lipinski definition) is 5. The van der Waals surface area contributed by atoms with Crippen LogP contribution in [-0.4, -0.2) is 43.8 Å². The molecule has 9 heteroatoms. The van der Waals surface area contributed by atoms with E-state index in [-0.39, 0.29) is 21.0 Å². The minimum Gasteiger partial charge on any atom is -0.317 e. The number of piperidine rings is 1. The second kappa shape index (κ2) is 6.01. The highest BCUT2D eigenvalue weighted by Gasteiger charge is 2.43. The van der Waals surface area contributed by atoms with Crippen molar-refractivity contribution in [2.24, 2.45) is 5.41 Å². The molecule has 0 atom stereocenters. The van der Waals surface area contributed by atoms with Crippen LogP contribution >= 0.6 is 11.6 Å². The number of halogens is 1. The fraction of sp³-hybridized carbons (Fsp3) is 0.571. The molecule has 7 nitrogen and oxygen atoms in total. The van der Waals surface area contributed by atoms with Gasteiger partial charge in [-0.15, -0.1) is 0 Å². The third kappa shape index (κ3) is 3.08. The van der Waals surface area contributed by atoms with Crippen molar-refractivity contribution in [2.45, 2.75) is 24.2 Å². The van der Waals surface area contributed by atoms with Crippen LogP contribution in [0, 0.1) is 15.5 Å². The molecule has 1 N–H and O–H groups in total. The lowest BCUT2D eigenvalue weighted by molar-refractivity contribution is -0.384. The summed E-state index contributed by atoms with van der Waals surface area (Å²) in [6.07, 6.45) is 2.78. The van der Waals surface area contributed by atoms with Crippen LogP contribution in [0.2, 0.25) is 5.02 Å². The molecule has 2 heterocycles. The zero-order valence-corrected chi connectivity index (χ0v) is 14.1. The molecule has 0 saturated carbocycles. The van der Waals surface area contributed by atoms with Gasteiger partial charge in [0.2, 0.25) is 10.0 Å². The Morgan fingerprint density at radius 2 is 1.96 bits per heavy atom. The molecule has 2 aliphatic heterocycles. The molecule has 1 aromatic carbocycles. The molecule has 2 aliphatic rings. The Kier molecular flexibility index (Phi) is 4.35. The predicted octanol–water partition coefficient (Wildman–Crippen LogP) is 2.01. The van der Waals surface area contributed by atoms with Gasteiger partial charge in [-0.2, -0.15) is 4.31 Å². The molecule has 0 unspecified atom stereocenters. The second-order valence-corrected chi connectivity index (χ2v) is 8.52. The first-order valence-electron chi connectivity index (χ1n) is 7.49. The highest BCUT2D eigenvalue weighted by Crippen LogP contribution is 2.41. The minimum absolute atomic E-state index is 0.0472. The Morgan fingerprint density at radius 3 is 2.57 bits per heavy atom. The number of hydrogen-bond donors (Lipinski definition) is 1. The number of nitrogens with zero attached hydrogens (tertiary/aromatic N) is 2. The van der Waals surface area contributed by atoms with Crippen molar-refractivity contribution < 1.29 is 13.3 Å². The third-order valence-electron chi connectivity index (χ3n) is 4.81. The maximum Gasteiger partial charge on any atom is 0.271 e. The quantitative estimate of drug-likeness (QED) is 0.658. The molecule has 1 spiro atoms. The molecule has 126 valence electrons. The van der Waals surface area contributed by atoms with Crippen molar-refractivity contribution in [3.05, 3.63) is 33.3 Å². The fourth-order valence-electron chi connectivity index (χ4n) is 3.42. The summed E-state index contributed by atoms with van der Waals surface area (Å²) in [5.41, 5.74) is -0.170. The van der Waals surface area contributed by atoms with Crippen LogP contribution in [0.4, 0.5) is 5.69 Å². The van der Waals surface area contributed by atoms with E-state index in [4.69, 9.17) is 11.6 Å². The summed E-state index contributed by atoms with van der Waals surface area (Å²) in [5, 5.41) is 13.9. The standard InChI is InChI=1S/C14H18ClN3O4S/c15-12-9-11(18(19)20)1-2-13(12)23(21,22)17-8-5-14(10-17)3-6-16-7-4-14/h1-2,9,16H,3-8,10H2. The first kappa shape index (κ1) is 16.6. The Bertz CT molecular complexity index is 732. The monoisotopic (exact) mass is 359 g/mol. The van der Waals surface area contributed by atoms with Gasteiger partial charge in [-0.05, 0) is 43.8 Å². The van der Waals surface area contributed by atoms with Gasteiger partial charge >= 0.3 is 0 Å². The Labute approximate surface area is 139 Å². The SMILES string of the molecule is O=[N+]([O-])c1ccc(S(=O)(=O)N2CCC3(CCNCC3)C2)c(Cl)c1. The van der Waals surface area contributed by atoms with Gasteiger partial charge in [-0.3, -0.25) is 10.1 Å². The molecular formula is C14H18ClN3O4S. The van der Waals surface area contributed by atoms with Crippen LogP contribution in [0.15, 0.2) is 23.1 Å². The number of rotatable bonds is 3. The van der Waals surface area contributed by atoms with Gasteiger partial charge in [0.25, 0.3) is 5.69 Å². The number of nitro groups is 1. The fourth-order valence-corrected chi connectivity index (χ4v) is 5.48. The van der Waals surface area contributed by atoms with E-state index in [0.29, 0.717) is 13.1 Å². The van der Waals surface area contributed by atoms with E-state index in [1.54, 1.807) is 0 Å². The number of sulfonamides is 1. The normalized spacial score (nSPS) is 21.6. The average molecular weight is 360 g/mol. The molecule has 3 rings (SSSR count). The molecule has 0 aliphatic carbocycles. The largest absolute Gasteiger partial charge is 0.317 e. The van der Waals surface area contributed by atoms with E-state index >= 15 is 0 Å². The third-order valence-corrected chi connectivity index (χ3v) is 7.14. The van der Waals surface area contributed by atoms with E-state index in [0.717, 1.165) is 38.4 Å². The molecule has 2 saturated heterocycles. The van der Waals surface area contributed by atoms with E-state index in [9.17, 15) is 18.5 Å². The average Bonchev–Trinajstić information content (AvgIpc) is 2.92. The van der Waals surface area contributed by atoms with Crippen LogP contribution in [-0.2, 0) is 10.0 Å². The Balaban J connectivity index is 1.86. The summed E-state index contributed by atoms with van der Waals surface area (Å²) in [7, 11) is -3.73. The molecule has 2 fully saturated rings. The molecule has 0 amide bonds. The summed E-state index contributed by atoms with van der Waals surface area (Å²) in [6, 6.07) is 3.49. The van der Waals surface area contributed by atoms with Crippen molar-refractivity contribution in [1.29, 1.82) is 0 Å². The van der Waals surface area contributed by atoms with Gasteiger partial charge in [0.05, 0.1) is 9.95 Å². The van der Waals surface area contributed by atoms with Crippen LogP contribution in [0.1, 0.15) is 19.3 Å². The first-order chi connectivity index (χ1) is 10.8. The van der Waals surface area contributed by atoms with Gasteiger partial charge in [0.1, 0.15) is 4.90 Å². The molecule has 0 aromatic heterocycles. The lowest BCUT2D eigenvalue weighted by atomic mass is 9.78. The van der Waals surface area contributed by atoms with Crippen molar-refractivity contribution in [2.75, 3.05) is 26.2 Å². The lowest BCUT2D eigenvalue weighted by Crippen LogP contribution is -2.39. The number of nitrogens with one attached hydrogen (secondary N) is 1. The van der Waals surface area contributed by atoms with E-state index in [1.165, 1.54) is 16.4 Å². The van der Waals surface area contributed by atoms with E-state index < -0.39 is 14.9 Å². The highest BCUT2D eigenvalue weighted by atomic mass is 35.5. The molecular weight excluding hydrogens is 342 g/mol. The van der Waals surface area contributed by atoms with Crippen molar-refractivity contribution in [3.8, 4) is 0 Å². The Hall–Kier alpha value is -1.22.